The first-order chi connectivity index (χ1) is 9.13. The summed E-state index contributed by atoms with van der Waals surface area (Å²) in [5.41, 5.74) is 0. The number of nitrogens with one attached hydrogen (secondary N) is 1. The largest absolute Gasteiger partial charge is 0.376 e. The molecule has 110 valence electrons. The normalized spacial score (nSPS) is 18.3. The molecular formula is C14H26N2O3. The molecule has 1 aliphatic heterocycles. The summed E-state index contributed by atoms with van der Waals surface area (Å²) in [5.74, 6) is 0.0404. The maximum atomic E-state index is 11.7. The summed E-state index contributed by atoms with van der Waals surface area (Å²) in [6.45, 7) is 6.29. The average molecular weight is 270 g/mol. The van der Waals surface area contributed by atoms with Crippen molar-refractivity contribution in [3.63, 3.8) is 0 Å². The molecule has 0 bridgehead atoms. The Morgan fingerprint density at radius 1 is 1.37 bits per heavy atom. The smallest absolute Gasteiger partial charge is 0.221 e. The van der Waals surface area contributed by atoms with E-state index in [1.54, 1.807) is 11.8 Å². The first-order valence-corrected chi connectivity index (χ1v) is 7.27. The van der Waals surface area contributed by atoms with Crippen LogP contribution in [0.3, 0.4) is 0 Å². The molecule has 1 saturated heterocycles. The van der Waals surface area contributed by atoms with Gasteiger partial charge in [-0.15, -0.1) is 0 Å². The monoisotopic (exact) mass is 270 g/mol. The highest BCUT2D eigenvalue weighted by Gasteiger charge is 2.16. The van der Waals surface area contributed by atoms with Crippen LogP contribution in [0.5, 0.6) is 0 Å². The molecule has 1 heterocycles. The summed E-state index contributed by atoms with van der Waals surface area (Å²) in [7, 11) is 0. The van der Waals surface area contributed by atoms with Gasteiger partial charge in [0, 0.05) is 39.6 Å². The Labute approximate surface area is 115 Å². The average Bonchev–Trinajstić information content (AvgIpc) is 2.89. The zero-order valence-electron chi connectivity index (χ0n) is 12.1. The van der Waals surface area contributed by atoms with Crippen molar-refractivity contribution in [1.29, 1.82) is 0 Å². The SMILES string of the molecule is CCCCN(CCC(=O)NCC1CCCO1)C(C)=O. The van der Waals surface area contributed by atoms with E-state index in [9.17, 15) is 9.59 Å². The van der Waals surface area contributed by atoms with Gasteiger partial charge in [0.2, 0.25) is 11.8 Å². The number of hydrogen-bond donors (Lipinski definition) is 1. The molecule has 5 heteroatoms. The number of unbranched alkanes of at least 4 members (excludes halogenated alkanes) is 1. The Kier molecular flexibility index (Phi) is 7.48. The van der Waals surface area contributed by atoms with Crippen LogP contribution in [0.25, 0.3) is 0 Å². The summed E-state index contributed by atoms with van der Waals surface area (Å²) in [4.78, 5) is 24.8. The molecule has 1 unspecified atom stereocenters. The first kappa shape index (κ1) is 16.0. The quantitative estimate of drug-likeness (QED) is 0.723. The maximum Gasteiger partial charge on any atom is 0.221 e. The molecule has 2 amide bonds. The van der Waals surface area contributed by atoms with E-state index in [-0.39, 0.29) is 17.9 Å². The Bertz CT molecular complexity index is 288. The van der Waals surface area contributed by atoms with Crippen molar-refractivity contribution < 1.29 is 14.3 Å². The Morgan fingerprint density at radius 2 is 2.16 bits per heavy atom. The summed E-state index contributed by atoms with van der Waals surface area (Å²) in [6, 6.07) is 0. The first-order valence-electron chi connectivity index (χ1n) is 7.27. The van der Waals surface area contributed by atoms with Crippen molar-refractivity contribution in [3.05, 3.63) is 0 Å². The van der Waals surface area contributed by atoms with Gasteiger partial charge >= 0.3 is 0 Å². The lowest BCUT2D eigenvalue weighted by atomic mass is 10.2. The van der Waals surface area contributed by atoms with Crippen LogP contribution in [0, 0.1) is 0 Å². The number of amides is 2. The number of carbonyl (C=O) groups excluding carboxylic acids is 2. The molecule has 1 aliphatic rings. The van der Waals surface area contributed by atoms with Crippen LogP contribution in [0.4, 0.5) is 0 Å². The van der Waals surface area contributed by atoms with Crippen molar-refractivity contribution >= 4 is 11.8 Å². The minimum absolute atomic E-state index is 0.00162. The van der Waals surface area contributed by atoms with Gasteiger partial charge in [0.25, 0.3) is 0 Å². The zero-order valence-corrected chi connectivity index (χ0v) is 12.1. The molecule has 0 saturated carbocycles. The van der Waals surface area contributed by atoms with Gasteiger partial charge in [-0.05, 0) is 19.3 Å². The van der Waals surface area contributed by atoms with Gasteiger partial charge in [-0.1, -0.05) is 13.3 Å². The van der Waals surface area contributed by atoms with E-state index >= 15 is 0 Å². The number of ether oxygens (including phenoxy) is 1. The molecule has 1 atom stereocenters. The Hall–Kier alpha value is -1.10. The molecule has 19 heavy (non-hydrogen) atoms. The third-order valence-corrected chi connectivity index (χ3v) is 3.39. The van der Waals surface area contributed by atoms with Crippen LogP contribution in [0.2, 0.25) is 0 Å². The van der Waals surface area contributed by atoms with Crippen molar-refractivity contribution in [1.82, 2.24) is 10.2 Å². The summed E-state index contributed by atoms with van der Waals surface area (Å²) >= 11 is 0. The minimum atomic E-state index is -0.00162. The molecular weight excluding hydrogens is 244 g/mol. The molecule has 5 nitrogen and oxygen atoms in total. The molecule has 0 aliphatic carbocycles. The van der Waals surface area contributed by atoms with Gasteiger partial charge < -0.3 is 15.0 Å². The van der Waals surface area contributed by atoms with Gasteiger partial charge in [0.05, 0.1) is 6.10 Å². The summed E-state index contributed by atoms with van der Waals surface area (Å²) in [6.07, 6.45) is 4.68. The highest BCUT2D eigenvalue weighted by Crippen LogP contribution is 2.10. The Morgan fingerprint density at radius 3 is 2.74 bits per heavy atom. The molecule has 0 radical (unpaired) electrons. The van der Waals surface area contributed by atoms with Gasteiger partial charge in [0.1, 0.15) is 0 Å². The van der Waals surface area contributed by atoms with Crippen molar-refractivity contribution in [2.45, 2.75) is 52.1 Å². The van der Waals surface area contributed by atoms with Crippen LogP contribution < -0.4 is 5.32 Å². The predicted octanol–water partition coefficient (Wildman–Crippen LogP) is 1.32. The number of carbonyl (C=O) groups is 2. The minimum Gasteiger partial charge on any atom is -0.376 e. The fourth-order valence-electron chi connectivity index (χ4n) is 2.13. The third kappa shape index (κ3) is 6.57. The van der Waals surface area contributed by atoms with E-state index in [0.29, 0.717) is 19.5 Å². The van der Waals surface area contributed by atoms with E-state index in [2.05, 4.69) is 12.2 Å². The van der Waals surface area contributed by atoms with Crippen LogP contribution in [0.1, 0.15) is 46.0 Å². The highest BCUT2D eigenvalue weighted by molar-refractivity contribution is 5.78. The lowest BCUT2D eigenvalue weighted by molar-refractivity contribution is -0.129. The van der Waals surface area contributed by atoms with E-state index in [1.807, 2.05) is 0 Å². The third-order valence-electron chi connectivity index (χ3n) is 3.39. The lowest BCUT2D eigenvalue weighted by Gasteiger charge is -2.20. The number of rotatable bonds is 8. The zero-order chi connectivity index (χ0) is 14.1. The molecule has 1 N–H and O–H groups in total. The molecule has 0 aromatic carbocycles. The molecule has 1 rings (SSSR count). The topological polar surface area (TPSA) is 58.6 Å². The van der Waals surface area contributed by atoms with Crippen LogP contribution in [-0.4, -0.2) is 49.1 Å². The van der Waals surface area contributed by atoms with Crippen molar-refractivity contribution in [2.75, 3.05) is 26.2 Å². The number of hydrogen-bond acceptors (Lipinski definition) is 3. The fourth-order valence-corrected chi connectivity index (χ4v) is 2.13. The van der Waals surface area contributed by atoms with E-state index in [1.165, 1.54) is 0 Å². The van der Waals surface area contributed by atoms with Crippen LogP contribution in [0.15, 0.2) is 0 Å². The summed E-state index contributed by atoms with van der Waals surface area (Å²) < 4.78 is 5.44. The van der Waals surface area contributed by atoms with Crippen molar-refractivity contribution in [2.24, 2.45) is 0 Å². The molecule has 0 spiro atoms. The highest BCUT2D eigenvalue weighted by atomic mass is 16.5. The predicted molar refractivity (Wildman–Crippen MR) is 73.8 cm³/mol. The van der Waals surface area contributed by atoms with Gasteiger partial charge in [-0.25, -0.2) is 0 Å². The van der Waals surface area contributed by atoms with E-state index < -0.39 is 0 Å². The van der Waals surface area contributed by atoms with Crippen LogP contribution >= 0.6 is 0 Å². The maximum absolute atomic E-state index is 11.7. The summed E-state index contributed by atoms with van der Waals surface area (Å²) in [5, 5.41) is 2.87. The lowest BCUT2D eigenvalue weighted by Crippen LogP contribution is -2.36. The van der Waals surface area contributed by atoms with Gasteiger partial charge in [-0.2, -0.15) is 0 Å². The van der Waals surface area contributed by atoms with Gasteiger partial charge in [0.15, 0.2) is 0 Å². The molecule has 1 fully saturated rings. The second-order valence-electron chi connectivity index (χ2n) is 5.05. The molecule has 0 aromatic rings. The second kappa shape index (κ2) is 8.91. The van der Waals surface area contributed by atoms with Crippen molar-refractivity contribution in [3.8, 4) is 0 Å². The number of nitrogens with zero attached hydrogens (tertiary/aromatic N) is 1. The van der Waals surface area contributed by atoms with E-state index in [4.69, 9.17) is 4.74 Å². The standard InChI is InChI=1S/C14H26N2O3/c1-3-4-8-16(12(2)17)9-7-14(18)15-11-13-6-5-10-19-13/h13H,3-11H2,1-2H3,(H,15,18). The van der Waals surface area contributed by atoms with Gasteiger partial charge in [-0.3, -0.25) is 9.59 Å². The van der Waals surface area contributed by atoms with Crippen LogP contribution in [-0.2, 0) is 14.3 Å². The Balaban J connectivity index is 2.17. The fraction of sp³-hybridized carbons (Fsp3) is 0.857. The molecule has 0 aromatic heterocycles. The second-order valence-corrected chi connectivity index (χ2v) is 5.05. The van der Waals surface area contributed by atoms with E-state index in [0.717, 1.165) is 38.8 Å².